The van der Waals surface area contributed by atoms with Crippen molar-refractivity contribution in [3.63, 3.8) is 0 Å². The van der Waals surface area contributed by atoms with Gasteiger partial charge in [0.1, 0.15) is 0 Å². The van der Waals surface area contributed by atoms with Crippen LogP contribution in [0.15, 0.2) is 0 Å². The maximum Gasteiger partial charge on any atom is 0.222 e. The second kappa shape index (κ2) is 8.56. The van der Waals surface area contributed by atoms with Crippen molar-refractivity contribution >= 4 is 30.7 Å². The van der Waals surface area contributed by atoms with E-state index < -0.39 is 0 Å². The summed E-state index contributed by atoms with van der Waals surface area (Å²) in [4.78, 5) is 17.0. The molecule has 1 aliphatic heterocycles. The summed E-state index contributed by atoms with van der Waals surface area (Å²) >= 11 is 0. The van der Waals surface area contributed by atoms with Crippen molar-refractivity contribution in [3.8, 4) is 0 Å². The van der Waals surface area contributed by atoms with Crippen molar-refractivity contribution in [2.45, 2.75) is 57.0 Å². The molecule has 1 heterocycles. The lowest BCUT2D eigenvalue weighted by Crippen LogP contribution is -2.53. The van der Waals surface area contributed by atoms with Crippen LogP contribution in [0.1, 0.15) is 44.9 Å². The van der Waals surface area contributed by atoms with Gasteiger partial charge in [-0.25, -0.2) is 0 Å². The molecule has 0 spiro atoms. The summed E-state index contributed by atoms with van der Waals surface area (Å²) in [6.45, 7) is 4.01. The number of carbonyl (C=O) groups is 1. The zero-order valence-corrected chi connectivity index (χ0v) is 14.3. The fraction of sp³-hybridized carbons (Fsp3) is 0.933. The van der Waals surface area contributed by atoms with E-state index in [1.807, 2.05) is 0 Å². The monoisotopic (exact) mass is 337 g/mol. The summed E-state index contributed by atoms with van der Waals surface area (Å²) in [7, 11) is 0. The lowest BCUT2D eigenvalue weighted by Gasteiger charge is -2.43. The number of hydrogen-bond acceptors (Lipinski definition) is 3. The van der Waals surface area contributed by atoms with E-state index >= 15 is 0 Å². The summed E-state index contributed by atoms with van der Waals surface area (Å²) in [5, 5.41) is 0. The summed E-state index contributed by atoms with van der Waals surface area (Å²) in [5.41, 5.74) is 6.07. The molecular formula is C15H29Cl2N3O. The van der Waals surface area contributed by atoms with Gasteiger partial charge in [0.2, 0.25) is 5.91 Å². The van der Waals surface area contributed by atoms with E-state index in [4.69, 9.17) is 5.73 Å². The third-order valence-corrected chi connectivity index (χ3v) is 5.41. The van der Waals surface area contributed by atoms with Gasteiger partial charge in [0.15, 0.2) is 0 Å². The zero-order chi connectivity index (χ0) is 13.2. The van der Waals surface area contributed by atoms with E-state index in [0.717, 1.165) is 45.1 Å². The lowest BCUT2D eigenvalue weighted by atomic mass is 9.91. The quantitative estimate of drug-likeness (QED) is 0.857. The molecule has 1 amide bonds. The van der Waals surface area contributed by atoms with Gasteiger partial charge in [0, 0.05) is 44.7 Å². The molecule has 1 saturated heterocycles. The first-order chi connectivity index (χ1) is 9.24. The van der Waals surface area contributed by atoms with Crippen LogP contribution in [-0.4, -0.2) is 54.0 Å². The predicted octanol–water partition coefficient (Wildman–Crippen LogP) is 2.04. The molecular weight excluding hydrogens is 309 g/mol. The molecule has 0 aromatic carbocycles. The van der Waals surface area contributed by atoms with Crippen molar-refractivity contribution in [2.24, 2.45) is 11.7 Å². The molecule has 2 N–H and O–H groups in total. The Labute approximate surface area is 140 Å². The number of nitrogens with zero attached hydrogens (tertiary/aromatic N) is 2. The summed E-state index contributed by atoms with van der Waals surface area (Å²) < 4.78 is 0. The Kier molecular flexibility index (Phi) is 7.75. The van der Waals surface area contributed by atoms with E-state index in [1.54, 1.807) is 0 Å². The van der Waals surface area contributed by atoms with Crippen LogP contribution in [0, 0.1) is 5.92 Å². The van der Waals surface area contributed by atoms with E-state index in [9.17, 15) is 4.79 Å². The lowest BCUT2D eigenvalue weighted by molar-refractivity contribution is -0.134. The zero-order valence-electron chi connectivity index (χ0n) is 12.7. The van der Waals surface area contributed by atoms with Gasteiger partial charge in [-0.2, -0.15) is 0 Å². The molecule has 0 bridgehead atoms. The van der Waals surface area contributed by atoms with Gasteiger partial charge in [-0.15, -0.1) is 24.8 Å². The van der Waals surface area contributed by atoms with Crippen molar-refractivity contribution < 1.29 is 4.79 Å². The Morgan fingerprint density at radius 2 is 1.57 bits per heavy atom. The molecule has 2 atom stereocenters. The minimum atomic E-state index is 0. The summed E-state index contributed by atoms with van der Waals surface area (Å²) in [5.74, 6) is 0.785. The van der Waals surface area contributed by atoms with E-state index in [0.29, 0.717) is 18.2 Å². The molecule has 3 fully saturated rings. The Hall–Kier alpha value is -0.0300. The molecule has 0 unspecified atom stereocenters. The van der Waals surface area contributed by atoms with Crippen LogP contribution < -0.4 is 5.73 Å². The van der Waals surface area contributed by atoms with Gasteiger partial charge in [0.05, 0.1) is 0 Å². The highest BCUT2D eigenvalue weighted by molar-refractivity contribution is 5.85. The summed E-state index contributed by atoms with van der Waals surface area (Å²) in [6, 6.07) is 1.08. The van der Waals surface area contributed by atoms with E-state index in [2.05, 4.69) is 9.80 Å². The fourth-order valence-corrected chi connectivity index (χ4v) is 3.76. The second-order valence-corrected chi connectivity index (χ2v) is 6.56. The largest absolute Gasteiger partial charge is 0.340 e. The minimum absolute atomic E-state index is 0. The molecule has 2 aliphatic carbocycles. The Morgan fingerprint density at radius 3 is 2.05 bits per heavy atom. The first-order valence-electron chi connectivity index (χ1n) is 8.01. The van der Waals surface area contributed by atoms with Gasteiger partial charge in [-0.1, -0.05) is 12.8 Å². The standard InChI is InChI=1S/C15H27N3O.2ClH/c16-14-6-1-3-12(14)11-15(19)18-9-7-17(8-10-18)13-4-2-5-13;;/h12-14H,1-11,16H2;2*1H/t12-,14+;;/m0../s1. The van der Waals surface area contributed by atoms with Gasteiger partial charge >= 0.3 is 0 Å². The SMILES string of the molecule is Cl.Cl.N[C@@H]1CCC[C@H]1CC(=O)N1CCN(C2CCC2)CC1. The smallest absolute Gasteiger partial charge is 0.222 e. The molecule has 3 rings (SSSR count). The van der Waals surface area contributed by atoms with Crippen molar-refractivity contribution in [2.75, 3.05) is 26.2 Å². The van der Waals surface area contributed by atoms with E-state index in [1.165, 1.54) is 25.7 Å². The molecule has 6 heteroatoms. The highest BCUT2D eigenvalue weighted by Crippen LogP contribution is 2.28. The number of carbonyl (C=O) groups excluding carboxylic acids is 1. The normalized spacial score (nSPS) is 30.2. The maximum absolute atomic E-state index is 12.3. The number of amides is 1. The van der Waals surface area contributed by atoms with Crippen LogP contribution in [0.3, 0.4) is 0 Å². The molecule has 4 nitrogen and oxygen atoms in total. The number of hydrogen-bond donors (Lipinski definition) is 1. The summed E-state index contributed by atoms with van der Waals surface area (Å²) in [6.07, 6.45) is 8.26. The highest BCUT2D eigenvalue weighted by atomic mass is 35.5. The van der Waals surface area contributed by atoms with Crippen LogP contribution >= 0.6 is 24.8 Å². The topological polar surface area (TPSA) is 49.6 Å². The highest BCUT2D eigenvalue weighted by Gasteiger charge is 2.31. The molecule has 21 heavy (non-hydrogen) atoms. The van der Waals surface area contributed by atoms with Crippen LogP contribution in [-0.2, 0) is 4.79 Å². The molecule has 0 aromatic rings. The molecule has 0 aromatic heterocycles. The third-order valence-electron chi connectivity index (χ3n) is 5.41. The second-order valence-electron chi connectivity index (χ2n) is 6.56. The first-order valence-corrected chi connectivity index (χ1v) is 8.01. The molecule has 2 saturated carbocycles. The minimum Gasteiger partial charge on any atom is -0.340 e. The maximum atomic E-state index is 12.3. The van der Waals surface area contributed by atoms with E-state index in [-0.39, 0.29) is 30.9 Å². The average molecular weight is 338 g/mol. The molecule has 124 valence electrons. The van der Waals surface area contributed by atoms with Crippen molar-refractivity contribution in [1.29, 1.82) is 0 Å². The molecule has 3 aliphatic rings. The van der Waals surface area contributed by atoms with Crippen LogP contribution in [0.25, 0.3) is 0 Å². The molecule has 0 radical (unpaired) electrons. The number of nitrogens with two attached hydrogens (primary N) is 1. The third kappa shape index (κ3) is 4.47. The van der Waals surface area contributed by atoms with Crippen LogP contribution in [0.4, 0.5) is 0 Å². The predicted molar refractivity (Wildman–Crippen MR) is 90.2 cm³/mol. The Bertz CT molecular complexity index is 331. The van der Waals surface area contributed by atoms with Crippen LogP contribution in [0.5, 0.6) is 0 Å². The van der Waals surface area contributed by atoms with Gasteiger partial charge in [0.25, 0.3) is 0 Å². The Morgan fingerprint density at radius 1 is 0.952 bits per heavy atom. The average Bonchev–Trinajstić information content (AvgIpc) is 2.74. The van der Waals surface area contributed by atoms with Crippen molar-refractivity contribution in [3.05, 3.63) is 0 Å². The first kappa shape index (κ1) is 19.0. The van der Waals surface area contributed by atoms with Gasteiger partial charge < -0.3 is 10.6 Å². The van der Waals surface area contributed by atoms with Gasteiger partial charge in [-0.3, -0.25) is 9.69 Å². The van der Waals surface area contributed by atoms with Crippen molar-refractivity contribution in [1.82, 2.24) is 9.80 Å². The Balaban J connectivity index is 0.00000110. The fourth-order valence-electron chi connectivity index (χ4n) is 3.76. The number of halogens is 2. The number of rotatable bonds is 3. The van der Waals surface area contributed by atoms with Gasteiger partial charge in [-0.05, 0) is 31.6 Å². The number of piperazine rings is 1. The van der Waals surface area contributed by atoms with Crippen LogP contribution in [0.2, 0.25) is 0 Å².